The molecule has 0 saturated heterocycles. The first-order valence-electron chi connectivity index (χ1n) is 12.0. The van der Waals surface area contributed by atoms with Gasteiger partial charge in [0.05, 0.1) is 6.54 Å². The highest BCUT2D eigenvalue weighted by molar-refractivity contribution is 6.05. The summed E-state index contributed by atoms with van der Waals surface area (Å²) in [5, 5.41) is 5.94. The van der Waals surface area contributed by atoms with Gasteiger partial charge in [0.1, 0.15) is 24.7 Å². The molecule has 2 N–H and O–H groups in total. The van der Waals surface area contributed by atoms with Gasteiger partial charge < -0.3 is 25.0 Å². The molecule has 0 unspecified atom stereocenters. The average Bonchev–Trinajstić information content (AvgIpc) is 2.95. The second kappa shape index (κ2) is 12.8. The van der Waals surface area contributed by atoms with Gasteiger partial charge in [-0.15, -0.1) is 0 Å². The standard InChI is InChI=1S/C30H29N3O4/c1-33(26-10-4-2-5-11-26)30(35)23-15-17-24(18-16-23)31-22-29(34)32-25-9-8-14-28(21-25)37-20-19-36-27-12-6-3-7-13-27/h2-18,21,31H,19-20,22H2,1H3,(H,32,34). The SMILES string of the molecule is CN(C(=O)c1ccc(NCC(=O)Nc2cccc(OCCOc3ccccc3)c2)cc1)c1ccccc1. The molecule has 0 aliphatic carbocycles. The fourth-order valence-corrected chi connectivity index (χ4v) is 3.58. The van der Waals surface area contributed by atoms with Crippen LogP contribution < -0.4 is 25.0 Å². The third-order valence-corrected chi connectivity index (χ3v) is 5.51. The lowest BCUT2D eigenvalue weighted by atomic mass is 10.1. The summed E-state index contributed by atoms with van der Waals surface area (Å²) in [4.78, 5) is 26.8. The van der Waals surface area contributed by atoms with E-state index in [0.29, 0.717) is 30.2 Å². The molecule has 37 heavy (non-hydrogen) atoms. The number of benzene rings is 4. The van der Waals surface area contributed by atoms with Crippen LogP contribution in [-0.4, -0.2) is 38.6 Å². The molecule has 188 valence electrons. The van der Waals surface area contributed by atoms with E-state index in [9.17, 15) is 9.59 Å². The zero-order valence-corrected chi connectivity index (χ0v) is 20.6. The average molecular weight is 496 g/mol. The molecule has 0 saturated carbocycles. The summed E-state index contributed by atoms with van der Waals surface area (Å²) in [6.45, 7) is 0.873. The van der Waals surface area contributed by atoms with Crippen LogP contribution in [0.1, 0.15) is 10.4 Å². The highest BCUT2D eigenvalue weighted by Crippen LogP contribution is 2.19. The quantitative estimate of drug-likeness (QED) is 0.270. The first-order chi connectivity index (χ1) is 18.1. The van der Waals surface area contributed by atoms with Gasteiger partial charge in [-0.05, 0) is 60.7 Å². The van der Waals surface area contributed by atoms with Crippen molar-refractivity contribution in [2.75, 3.05) is 42.3 Å². The molecule has 2 amide bonds. The molecule has 0 spiro atoms. The Morgan fingerprint density at radius 3 is 2.03 bits per heavy atom. The largest absolute Gasteiger partial charge is 0.490 e. The minimum absolute atomic E-state index is 0.0766. The molecule has 0 heterocycles. The van der Waals surface area contributed by atoms with Crippen LogP contribution in [-0.2, 0) is 4.79 Å². The van der Waals surface area contributed by atoms with Gasteiger partial charge in [0.25, 0.3) is 5.91 Å². The predicted octanol–water partition coefficient (Wildman–Crippen LogP) is 5.47. The van der Waals surface area contributed by atoms with E-state index in [-0.39, 0.29) is 18.4 Å². The van der Waals surface area contributed by atoms with Gasteiger partial charge in [-0.3, -0.25) is 9.59 Å². The fourth-order valence-electron chi connectivity index (χ4n) is 3.58. The van der Waals surface area contributed by atoms with E-state index >= 15 is 0 Å². The maximum absolute atomic E-state index is 12.7. The van der Waals surface area contributed by atoms with Crippen LogP contribution in [0.15, 0.2) is 109 Å². The van der Waals surface area contributed by atoms with Gasteiger partial charge in [0.2, 0.25) is 5.91 Å². The van der Waals surface area contributed by atoms with E-state index in [4.69, 9.17) is 9.47 Å². The number of hydrogen-bond donors (Lipinski definition) is 2. The van der Waals surface area contributed by atoms with Crippen LogP contribution >= 0.6 is 0 Å². The Kier molecular flexibility index (Phi) is 8.75. The van der Waals surface area contributed by atoms with Gasteiger partial charge in [-0.25, -0.2) is 0 Å². The van der Waals surface area contributed by atoms with Crippen molar-refractivity contribution in [1.82, 2.24) is 0 Å². The van der Waals surface area contributed by atoms with Crippen molar-refractivity contribution >= 4 is 28.9 Å². The highest BCUT2D eigenvalue weighted by Gasteiger charge is 2.13. The van der Waals surface area contributed by atoms with Crippen LogP contribution in [0.3, 0.4) is 0 Å². The summed E-state index contributed by atoms with van der Waals surface area (Å²) in [5.41, 5.74) is 2.76. The molecule has 7 nitrogen and oxygen atoms in total. The maximum Gasteiger partial charge on any atom is 0.258 e. The number of carbonyl (C=O) groups excluding carboxylic acids is 2. The second-order valence-corrected chi connectivity index (χ2v) is 8.22. The molecule has 0 atom stereocenters. The molecule has 0 aliphatic heterocycles. The molecule has 0 aliphatic rings. The van der Waals surface area contributed by atoms with Crippen LogP contribution in [0.2, 0.25) is 0 Å². The van der Waals surface area contributed by atoms with E-state index in [0.717, 1.165) is 17.1 Å². The number of nitrogens with one attached hydrogen (secondary N) is 2. The Morgan fingerprint density at radius 1 is 0.703 bits per heavy atom. The predicted molar refractivity (Wildman–Crippen MR) is 147 cm³/mol. The Bertz CT molecular complexity index is 1300. The van der Waals surface area contributed by atoms with Crippen molar-refractivity contribution in [3.8, 4) is 11.5 Å². The van der Waals surface area contributed by atoms with Crippen LogP contribution in [0.5, 0.6) is 11.5 Å². The number of para-hydroxylation sites is 2. The lowest BCUT2D eigenvalue weighted by Crippen LogP contribution is -2.26. The van der Waals surface area contributed by atoms with Gasteiger partial charge in [-0.2, -0.15) is 0 Å². The number of amides is 2. The second-order valence-electron chi connectivity index (χ2n) is 8.22. The first kappa shape index (κ1) is 25.3. The Morgan fingerprint density at radius 2 is 1.32 bits per heavy atom. The smallest absolute Gasteiger partial charge is 0.258 e. The van der Waals surface area contributed by atoms with Crippen molar-refractivity contribution in [3.05, 3.63) is 115 Å². The zero-order valence-electron chi connectivity index (χ0n) is 20.6. The Hall–Kier alpha value is -4.78. The summed E-state index contributed by atoms with van der Waals surface area (Å²) in [7, 11) is 1.74. The van der Waals surface area contributed by atoms with Crippen molar-refractivity contribution in [2.24, 2.45) is 0 Å². The minimum atomic E-state index is -0.200. The van der Waals surface area contributed by atoms with Crippen molar-refractivity contribution in [2.45, 2.75) is 0 Å². The third kappa shape index (κ3) is 7.60. The number of nitrogens with zero attached hydrogens (tertiary/aromatic N) is 1. The number of rotatable bonds is 11. The summed E-state index contributed by atoms with van der Waals surface area (Å²) in [6, 6.07) is 33.3. The normalized spacial score (nSPS) is 10.3. The Balaban J connectivity index is 1.21. The van der Waals surface area contributed by atoms with Gasteiger partial charge in [0.15, 0.2) is 0 Å². The molecule has 4 aromatic carbocycles. The molecule has 0 bridgehead atoms. The summed E-state index contributed by atoms with van der Waals surface area (Å²) in [5.74, 6) is 1.13. The molecule has 7 heteroatoms. The molecule has 0 aromatic heterocycles. The van der Waals surface area contributed by atoms with E-state index in [1.54, 1.807) is 48.3 Å². The third-order valence-electron chi connectivity index (χ3n) is 5.51. The number of hydrogen-bond acceptors (Lipinski definition) is 5. The summed E-state index contributed by atoms with van der Waals surface area (Å²) in [6.07, 6.45) is 0. The van der Waals surface area contributed by atoms with E-state index in [1.807, 2.05) is 72.8 Å². The number of ether oxygens (including phenoxy) is 2. The van der Waals surface area contributed by atoms with Crippen LogP contribution in [0, 0.1) is 0 Å². The van der Waals surface area contributed by atoms with Crippen molar-refractivity contribution in [3.63, 3.8) is 0 Å². The molecular weight excluding hydrogens is 466 g/mol. The zero-order chi connectivity index (χ0) is 25.9. The number of anilines is 3. The van der Waals surface area contributed by atoms with Crippen LogP contribution in [0.4, 0.5) is 17.1 Å². The summed E-state index contributed by atoms with van der Waals surface area (Å²) < 4.78 is 11.4. The topological polar surface area (TPSA) is 79.9 Å². The van der Waals surface area contributed by atoms with Crippen molar-refractivity contribution in [1.29, 1.82) is 0 Å². The van der Waals surface area contributed by atoms with Crippen molar-refractivity contribution < 1.29 is 19.1 Å². The fraction of sp³-hybridized carbons (Fsp3) is 0.133. The highest BCUT2D eigenvalue weighted by atomic mass is 16.5. The lowest BCUT2D eigenvalue weighted by molar-refractivity contribution is -0.114. The molecular formula is C30H29N3O4. The molecule has 0 radical (unpaired) electrons. The van der Waals surface area contributed by atoms with E-state index in [2.05, 4.69) is 10.6 Å². The van der Waals surface area contributed by atoms with E-state index in [1.165, 1.54) is 0 Å². The minimum Gasteiger partial charge on any atom is -0.490 e. The molecule has 4 aromatic rings. The maximum atomic E-state index is 12.7. The van der Waals surface area contributed by atoms with E-state index < -0.39 is 0 Å². The van der Waals surface area contributed by atoms with Gasteiger partial charge in [-0.1, -0.05) is 42.5 Å². The molecule has 4 rings (SSSR count). The summed E-state index contributed by atoms with van der Waals surface area (Å²) >= 11 is 0. The van der Waals surface area contributed by atoms with Crippen LogP contribution in [0.25, 0.3) is 0 Å². The first-order valence-corrected chi connectivity index (χ1v) is 12.0. The lowest BCUT2D eigenvalue weighted by Gasteiger charge is -2.17. The van der Waals surface area contributed by atoms with Gasteiger partial charge in [0, 0.05) is 35.7 Å². The number of carbonyl (C=O) groups is 2. The molecule has 0 fully saturated rings. The monoisotopic (exact) mass is 495 g/mol. The van der Waals surface area contributed by atoms with Gasteiger partial charge >= 0.3 is 0 Å². The Labute approximate surface area is 216 Å².